The number of para-hydroxylation sites is 1. The fraction of sp³-hybridized carbons (Fsp3) is 0.550. The van der Waals surface area contributed by atoms with Crippen molar-refractivity contribution in [2.24, 2.45) is 11.8 Å². The molecule has 0 spiro atoms. The van der Waals surface area contributed by atoms with Gasteiger partial charge in [-0.05, 0) is 43.7 Å². The summed E-state index contributed by atoms with van der Waals surface area (Å²) in [5.74, 6) is 2.20. The topological polar surface area (TPSA) is 49.3 Å². The molecule has 2 aromatic rings. The van der Waals surface area contributed by atoms with Crippen LogP contribution in [0.15, 0.2) is 30.6 Å². The van der Waals surface area contributed by atoms with Crippen LogP contribution in [0, 0.1) is 11.8 Å². The largest absolute Gasteiger partial charge is 0.356 e. The second-order valence-corrected chi connectivity index (χ2v) is 7.51. The molecule has 1 aromatic carbocycles. The highest BCUT2D eigenvalue weighted by Gasteiger charge is 2.31. The molecule has 1 amide bonds. The number of fused-ring (bicyclic) bond motifs is 1. The highest BCUT2D eigenvalue weighted by atomic mass is 16.2. The third kappa shape index (κ3) is 3.32. The van der Waals surface area contributed by atoms with E-state index in [1.54, 1.807) is 6.33 Å². The quantitative estimate of drug-likeness (QED) is 0.844. The molecule has 1 aromatic heterocycles. The molecule has 0 aliphatic carbocycles. The molecule has 3 heterocycles. The minimum atomic E-state index is 0.176. The Hall–Kier alpha value is -2.17. The average molecular weight is 338 g/mol. The molecule has 5 nitrogen and oxygen atoms in total. The Labute approximate surface area is 149 Å². The summed E-state index contributed by atoms with van der Waals surface area (Å²) < 4.78 is 0. The lowest BCUT2D eigenvalue weighted by Crippen LogP contribution is -2.46. The predicted octanol–water partition coefficient (Wildman–Crippen LogP) is 3.10. The van der Waals surface area contributed by atoms with Crippen LogP contribution >= 0.6 is 0 Å². The number of likely N-dealkylation sites (tertiary alicyclic amines) is 1. The summed E-state index contributed by atoms with van der Waals surface area (Å²) in [4.78, 5) is 26.1. The number of piperidine rings is 2. The van der Waals surface area contributed by atoms with E-state index in [2.05, 4.69) is 32.8 Å². The number of rotatable bonds is 2. The summed E-state index contributed by atoms with van der Waals surface area (Å²) in [7, 11) is 0. The Morgan fingerprint density at radius 1 is 1.08 bits per heavy atom. The minimum absolute atomic E-state index is 0.176. The fourth-order valence-electron chi connectivity index (χ4n) is 4.23. The number of carbonyl (C=O) groups is 1. The first-order valence-electron chi connectivity index (χ1n) is 9.46. The Kier molecular flexibility index (Phi) is 4.55. The van der Waals surface area contributed by atoms with E-state index in [-0.39, 0.29) is 5.92 Å². The van der Waals surface area contributed by atoms with Gasteiger partial charge in [0.05, 0.1) is 5.52 Å². The van der Waals surface area contributed by atoms with Crippen LogP contribution in [0.25, 0.3) is 10.9 Å². The van der Waals surface area contributed by atoms with E-state index in [1.807, 2.05) is 18.2 Å². The van der Waals surface area contributed by atoms with Crippen LogP contribution in [-0.2, 0) is 4.79 Å². The lowest BCUT2D eigenvalue weighted by molar-refractivity contribution is -0.137. The van der Waals surface area contributed by atoms with Crippen LogP contribution in [0.1, 0.15) is 32.6 Å². The maximum Gasteiger partial charge on any atom is 0.225 e. The SMILES string of the molecule is C[C@H]1CCCN(C(=O)C2CCN(c3ncnc4ccccc34)CC2)C1. The molecular formula is C20H26N4O. The third-order valence-corrected chi connectivity index (χ3v) is 5.63. The summed E-state index contributed by atoms with van der Waals surface area (Å²) in [6.45, 7) is 5.92. The Bertz CT molecular complexity index is 749. The van der Waals surface area contributed by atoms with E-state index >= 15 is 0 Å². The molecule has 5 heteroatoms. The van der Waals surface area contributed by atoms with Gasteiger partial charge in [-0.2, -0.15) is 0 Å². The molecule has 0 radical (unpaired) electrons. The van der Waals surface area contributed by atoms with Gasteiger partial charge in [0, 0.05) is 37.5 Å². The standard InChI is InChI=1S/C20H26N4O/c1-15-5-4-10-24(13-15)20(25)16-8-11-23(12-9-16)19-17-6-2-3-7-18(17)21-14-22-19/h2-3,6-7,14-16H,4-5,8-13H2,1H3/t15-/m0/s1. The Balaban J connectivity index is 1.43. The van der Waals surface area contributed by atoms with Crippen molar-refractivity contribution in [1.29, 1.82) is 0 Å². The van der Waals surface area contributed by atoms with Crippen LogP contribution in [0.3, 0.4) is 0 Å². The summed E-state index contributed by atoms with van der Waals surface area (Å²) in [6.07, 6.45) is 5.88. The second kappa shape index (κ2) is 6.98. The second-order valence-electron chi connectivity index (χ2n) is 7.51. The zero-order valence-electron chi connectivity index (χ0n) is 14.9. The van der Waals surface area contributed by atoms with Crippen molar-refractivity contribution < 1.29 is 4.79 Å². The number of hydrogen-bond acceptors (Lipinski definition) is 4. The van der Waals surface area contributed by atoms with E-state index < -0.39 is 0 Å². The molecule has 2 aliphatic rings. The van der Waals surface area contributed by atoms with E-state index in [0.29, 0.717) is 11.8 Å². The van der Waals surface area contributed by atoms with Crippen molar-refractivity contribution in [3.05, 3.63) is 30.6 Å². The molecule has 25 heavy (non-hydrogen) atoms. The monoisotopic (exact) mass is 338 g/mol. The molecule has 132 valence electrons. The Morgan fingerprint density at radius 3 is 2.68 bits per heavy atom. The maximum absolute atomic E-state index is 12.8. The summed E-state index contributed by atoms with van der Waals surface area (Å²) in [5, 5.41) is 1.10. The van der Waals surface area contributed by atoms with Gasteiger partial charge in [-0.3, -0.25) is 4.79 Å². The number of carbonyl (C=O) groups excluding carboxylic acids is 1. The minimum Gasteiger partial charge on any atom is -0.356 e. The van der Waals surface area contributed by atoms with Crippen molar-refractivity contribution in [2.75, 3.05) is 31.1 Å². The van der Waals surface area contributed by atoms with Gasteiger partial charge >= 0.3 is 0 Å². The Morgan fingerprint density at radius 2 is 1.88 bits per heavy atom. The summed E-state index contributed by atoms with van der Waals surface area (Å²) in [5.41, 5.74) is 0.980. The van der Waals surface area contributed by atoms with Gasteiger partial charge in [0.1, 0.15) is 12.1 Å². The third-order valence-electron chi connectivity index (χ3n) is 5.63. The van der Waals surface area contributed by atoms with Gasteiger partial charge < -0.3 is 9.80 Å². The van der Waals surface area contributed by atoms with Gasteiger partial charge in [0.25, 0.3) is 0 Å². The molecule has 4 rings (SSSR count). The highest BCUT2D eigenvalue weighted by molar-refractivity contribution is 5.89. The van der Waals surface area contributed by atoms with Crippen molar-refractivity contribution in [1.82, 2.24) is 14.9 Å². The van der Waals surface area contributed by atoms with Gasteiger partial charge in [0.15, 0.2) is 0 Å². The van der Waals surface area contributed by atoms with Crippen molar-refractivity contribution in [3.8, 4) is 0 Å². The number of hydrogen-bond donors (Lipinski definition) is 0. The number of anilines is 1. The number of nitrogens with zero attached hydrogens (tertiary/aromatic N) is 4. The van der Waals surface area contributed by atoms with E-state index in [1.165, 1.54) is 6.42 Å². The molecular weight excluding hydrogens is 312 g/mol. The molecule has 2 fully saturated rings. The predicted molar refractivity (Wildman–Crippen MR) is 99.5 cm³/mol. The first-order valence-corrected chi connectivity index (χ1v) is 9.46. The molecule has 2 saturated heterocycles. The van der Waals surface area contributed by atoms with Crippen LogP contribution in [-0.4, -0.2) is 47.0 Å². The van der Waals surface area contributed by atoms with E-state index in [9.17, 15) is 4.79 Å². The average Bonchev–Trinajstić information content (AvgIpc) is 2.67. The molecule has 0 bridgehead atoms. The smallest absolute Gasteiger partial charge is 0.225 e. The van der Waals surface area contributed by atoms with E-state index in [0.717, 1.165) is 62.2 Å². The maximum atomic E-state index is 12.8. The molecule has 2 aliphatic heterocycles. The zero-order valence-corrected chi connectivity index (χ0v) is 14.9. The van der Waals surface area contributed by atoms with Gasteiger partial charge in [-0.25, -0.2) is 9.97 Å². The number of amides is 1. The normalized spacial score (nSPS) is 22.4. The van der Waals surface area contributed by atoms with E-state index in [4.69, 9.17) is 0 Å². The molecule has 0 saturated carbocycles. The zero-order chi connectivity index (χ0) is 17.2. The van der Waals surface area contributed by atoms with Crippen molar-refractivity contribution in [3.63, 3.8) is 0 Å². The first kappa shape index (κ1) is 16.3. The number of benzene rings is 1. The first-order chi connectivity index (χ1) is 12.2. The lowest BCUT2D eigenvalue weighted by atomic mass is 9.92. The van der Waals surface area contributed by atoms with Crippen molar-refractivity contribution in [2.45, 2.75) is 32.6 Å². The molecule has 0 N–H and O–H groups in total. The van der Waals surface area contributed by atoms with Crippen molar-refractivity contribution >= 4 is 22.6 Å². The lowest BCUT2D eigenvalue weighted by Gasteiger charge is -2.37. The van der Waals surface area contributed by atoms with Crippen LogP contribution < -0.4 is 4.90 Å². The van der Waals surface area contributed by atoms with Crippen LogP contribution in [0.4, 0.5) is 5.82 Å². The van der Waals surface area contributed by atoms with Crippen LogP contribution in [0.5, 0.6) is 0 Å². The highest BCUT2D eigenvalue weighted by Crippen LogP contribution is 2.29. The van der Waals surface area contributed by atoms with Gasteiger partial charge in [0.2, 0.25) is 5.91 Å². The van der Waals surface area contributed by atoms with Gasteiger partial charge in [-0.15, -0.1) is 0 Å². The molecule has 0 unspecified atom stereocenters. The summed E-state index contributed by atoms with van der Waals surface area (Å²) in [6, 6.07) is 8.14. The fourth-order valence-corrected chi connectivity index (χ4v) is 4.23. The van der Waals surface area contributed by atoms with Gasteiger partial charge in [-0.1, -0.05) is 19.1 Å². The van der Waals surface area contributed by atoms with Crippen LogP contribution in [0.2, 0.25) is 0 Å². The summed E-state index contributed by atoms with van der Waals surface area (Å²) >= 11 is 0. The number of aromatic nitrogens is 2. The molecule has 1 atom stereocenters.